The van der Waals surface area contributed by atoms with Crippen molar-refractivity contribution in [3.8, 4) is 16.2 Å². The summed E-state index contributed by atoms with van der Waals surface area (Å²) in [5.74, 6) is 2.51. The largest absolute Gasteiger partial charge is 0.496 e. The van der Waals surface area contributed by atoms with Crippen LogP contribution in [0, 0.1) is 18.8 Å². The summed E-state index contributed by atoms with van der Waals surface area (Å²) in [6.45, 7) is 2.84. The number of nitrogens with zero attached hydrogens (tertiary/aromatic N) is 2. The number of aromatic nitrogens is 1. The van der Waals surface area contributed by atoms with Gasteiger partial charge in [0.25, 0.3) is 0 Å². The van der Waals surface area contributed by atoms with E-state index in [2.05, 4.69) is 59.6 Å². The number of nitrogens with one attached hydrogen (secondary N) is 1. The Balaban J connectivity index is 1.14. The zero-order valence-corrected chi connectivity index (χ0v) is 28.6. The standard InChI is InChI=1S/C38H49N3O5S/c1-25-20-30(14-17-34(25)45-2)27-8-6-26(7-9-27)23-41(33-5-3-4-31(21-33)35-22-39-37(47-35)28-10-11-28)38(44)29-12-15-32(16-13-29)40-36(43)24-46-19-18-42/h3-5,14,17,20-22,26-29,32,42H,6-13,15-16,18-19,23-24H2,1-2H3,(H,40,43)/t26-,27-,29-,32-. The summed E-state index contributed by atoms with van der Waals surface area (Å²) in [4.78, 5) is 34.6. The third-order valence-corrected chi connectivity index (χ3v) is 11.5. The van der Waals surface area contributed by atoms with Crippen molar-refractivity contribution in [2.45, 2.75) is 89.0 Å². The van der Waals surface area contributed by atoms with Crippen molar-refractivity contribution in [3.63, 3.8) is 0 Å². The van der Waals surface area contributed by atoms with Gasteiger partial charge in [-0.1, -0.05) is 24.3 Å². The lowest BCUT2D eigenvalue weighted by molar-refractivity contribution is -0.127. The van der Waals surface area contributed by atoms with Gasteiger partial charge >= 0.3 is 0 Å². The molecule has 47 heavy (non-hydrogen) atoms. The molecule has 3 fully saturated rings. The molecular weight excluding hydrogens is 611 g/mol. The number of amides is 2. The number of aliphatic hydroxyl groups excluding tert-OH is 1. The highest BCUT2D eigenvalue weighted by Gasteiger charge is 2.33. The van der Waals surface area contributed by atoms with E-state index in [1.165, 1.54) is 29.0 Å². The molecule has 3 aliphatic rings. The summed E-state index contributed by atoms with van der Waals surface area (Å²) in [5.41, 5.74) is 4.66. The SMILES string of the molecule is COc1ccc([C@H]2CC[C@H](CN(c3cccc(-c4cnc(C5CC5)s4)c3)C(=O)[C@H]3CC[C@H](NC(=O)COCCO)CC3)CC2)cc1C. The minimum Gasteiger partial charge on any atom is -0.496 e. The molecule has 8 nitrogen and oxygen atoms in total. The van der Waals surface area contributed by atoms with Crippen LogP contribution in [-0.2, 0) is 14.3 Å². The van der Waals surface area contributed by atoms with Crippen LogP contribution in [0.1, 0.15) is 92.2 Å². The van der Waals surface area contributed by atoms with E-state index in [-0.39, 0.29) is 43.6 Å². The molecule has 1 aromatic heterocycles. The predicted octanol–water partition coefficient (Wildman–Crippen LogP) is 7.00. The summed E-state index contributed by atoms with van der Waals surface area (Å²) < 4.78 is 10.7. The molecule has 0 aliphatic heterocycles. The number of aryl methyl sites for hydroxylation is 1. The van der Waals surface area contributed by atoms with Crippen molar-refractivity contribution in [2.75, 3.05) is 38.4 Å². The number of aliphatic hydroxyl groups is 1. The quantitative estimate of drug-likeness (QED) is 0.192. The van der Waals surface area contributed by atoms with Gasteiger partial charge in [-0.25, -0.2) is 4.98 Å². The van der Waals surface area contributed by atoms with Crippen molar-refractivity contribution in [1.29, 1.82) is 0 Å². The van der Waals surface area contributed by atoms with E-state index < -0.39 is 0 Å². The monoisotopic (exact) mass is 659 g/mol. The van der Waals surface area contributed by atoms with Gasteiger partial charge in [-0.3, -0.25) is 9.59 Å². The number of methoxy groups -OCH3 is 1. The van der Waals surface area contributed by atoms with Crippen LogP contribution in [0.25, 0.3) is 10.4 Å². The van der Waals surface area contributed by atoms with Crippen LogP contribution < -0.4 is 15.0 Å². The first-order valence-corrected chi connectivity index (χ1v) is 18.2. The second-order valence-corrected chi connectivity index (χ2v) is 14.7. The van der Waals surface area contributed by atoms with E-state index in [0.29, 0.717) is 17.8 Å². The molecule has 0 spiro atoms. The number of thiazole rings is 1. The number of carbonyl (C=O) groups is 2. The van der Waals surface area contributed by atoms with Crippen LogP contribution in [0.15, 0.2) is 48.7 Å². The predicted molar refractivity (Wildman–Crippen MR) is 186 cm³/mol. The Morgan fingerprint density at radius 2 is 1.74 bits per heavy atom. The first-order valence-electron chi connectivity index (χ1n) is 17.4. The highest BCUT2D eigenvalue weighted by molar-refractivity contribution is 7.15. The number of benzene rings is 2. The van der Waals surface area contributed by atoms with E-state index in [1.807, 2.05) is 6.20 Å². The van der Waals surface area contributed by atoms with Gasteiger partial charge in [0.2, 0.25) is 11.8 Å². The Hall–Kier alpha value is -3.27. The Bertz CT molecular complexity index is 1500. The van der Waals surface area contributed by atoms with Crippen molar-refractivity contribution in [2.24, 2.45) is 11.8 Å². The van der Waals surface area contributed by atoms with Gasteiger partial charge in [0, 0.05) is 36.3 Å². The molecule has 3 saturated carbocycles. The van der Waals surface area contributed by atoms with Gasteiger partial charge in [0.05, 0.1) is 30.2 Å². The third kappa shape index (κ3) is 8.61. The van der Waals surface area contributed by atoms with Gasteiger partial charge in [0.1, 0.15) is 12.4 Å². The summed E-state index contributed by atoms with van der Waals surface area (Å²) in [5, 5.41) is 13.2. The number of anilines is 1. The lowest BCUT2D eigenvalue weighted by Crippen LogP contribution is -2.44. The van der Waals surface area contributed by atoms with Crippen LogP contribution in [-0.4, -0.2) is 61.4 Å². The smallest absolute Gasteiger partial charge is 0.246 e. The Morgan fingerprint density at radius 3 is 2.45 bits per heavy atom. The molecule has 3 aromatic rings. The fraction of sp³-hybridized carbons (Fsp3) is 0.553. The van der Waals surface area contributed by atoms with Crippen LogP contribution >= 0.6 is 11.3 Å². The van der Waals surface area contributed by atoms with E-state index in [9.17, 15) is 9.59 Å². The Kier molecular flexibility index (Phi) is 11.3. The molecule has 0 saturated heterocycles. The fourth-order valence-electron chi connectivity index (χ4n) is 7.39. The van der Waals surface area contributed by atoms with Crippen LogP contribution in [0.5, 0.6) is 5.75 Å². The van der Waals surface area contributed by atoms with Gasteiger partial charge in [-0.05, 0) is 118 Å². The van der Waals surface area contributed by atoms with E-state index >= 15 is 0 Å². The second kappa shape index (κ2) is 15.8. The summed E-state index contributed by atoms with van der Waals surface area (Å²) in [6.07, 6.45) is 11.9. The fourth-order valence-corrected chi connectivity index (χ4v) is 8.47. The maximum Gasteiger partial charge on any atom is 0.246 e. The summed E-state index contributed by atoms with van der Waals surface area (Å²) in [6, 6.07) is 15.1. The summed E-state index contributed by atoms with van der Waals surface area (Å²) in [7, 11) is 1.72. The maximum absolute atomic E-state index is 14.4. The Labute approximate surface area is 282 Å². The third-order valence-electron chi connectivity index (χ3n) is 10.2. The lowest BCUT2D eigenvalue weighted by Gasteiger charge is -2.36. The molecule has 2 aromatic carbocycles. The normalized spacial score (nSPS) is 22.9. The zero-order chi connectivity index (χ0) is 32.8. The number of rotatable bonds is 13. The minimum absolute atomic E-state index is 0.0462. The molecule has 0 bridgehead atoms. The minimum atomic E-state index is -0.167. The second-order valence-electron chi connectivity index (χ2n) is 13.7. The number of ether oxygens (including phenoxy) is 2. The lowest BCUT2D eigenvalue weighted by atomic mass is 9.78. The number of carbonyl (C=O) groups excluding carboxylic acids is 2. The average molecular weight is 660 g/mol. The molecular formula is C38H49N3O5S. The molecule has 252 valence electrons. The molecule has 0 atom stereocenters. The first kappa shape index (κ1) is 33.6. The van der Waals surface area contributed by atoms with Gasteiger partial charge in [-0.2, -0.15) is 0 Å². The first-order chi connectivity index (χ1) is 22.9. The highest BCUT2D eigenvalue weighted by Crippen LogP contribution is 2.44. The molecule has 3 aliphatic carbocycles. The molecule has 2 N–H and O–H groups in total. The van der Waals surface area contributed by atoms with E-state index in [4.69, 9.17) is 19.6 Å². The highest BCUT2D eigenvalue weighted by atomic mass is 32.1. The molecule has 0 unspecified atom stereocenters. The maximum atomic E-state index is 14.4. The van der Waals surface area contributed by atoms with Crippen molar-refractivity contribution >= 4 is 28.8 Å². The molecule has 9 heteroatoms. The van der Waals surface area contributed by atoms with Crippen LogP contribution in [0.3, 0.4) is 0 Å². The van der Waals surface area contributed by atoms with E-state index in [0.717, 1.165) is 79.8 Å². The number of hydrogen-bond donors (Lipinski definition) is 2. The van der Waals surface area contributed by atoms with Gasteiger partial charge < -0.3 is 24.8 Å². The molecule has 6 rings (SSSR count). The zero-order valence-electron chi connectivity index (χ0n) is 27.8. The van der Waals surface area contributed by atoms with Gasteiger partial charge in [-0.15, -0.1) is 11.3 Å². The van der Waals surface area contributed by atoms with Crippen molar-refractivity contribution in [3.05, 3.63) is 64.8 Å². The molecule has 2 amide bonds. The van der Waals surface area contributed by atoms with E-state index in [1.54, 1.807) is 18.4 Å². The Morgan fingerprint density at radius 1 is 0.979 bits per heavy atom. The average Bonchev–Trinajstić information content (AvgIpc) is 3.83. The van der Waals surface area contributed by atoms with Crippen LogP contribution in [0.2, 0.25) is 0 Å². The topological polar surface area (TPSA) is 101 Å². The molecule has 1 heterocycles. The molecule has 0 radical (unpaired) electrons. The van der Waals surface area contributed by atoms with Crippen molar-refractivity contribution in [1.82, 2.24) is 10.3 Å². The number of hydrogen-bond acceptors (Lipinski definition) is 7. The van der Waals surface area contributed by atoms with Crippen molar-refractivity contribution < 1.29 is 24.2 Å². The van der Waals surface area contributed by atoms with Gasteiger partial charge in [0.15, 0.2) is 0 Å². The summed E-state index contributed by atoms with van der Waals surface area (Å²) >= 11 is 1.78. The van der Waals surface area contributed by atoms with Crippen LogP contribution in [0.4, 0.5) is 5.69 Å².